The van der Waals surface area contributed by atoms with E-state index in [1.54, 1.807) is 12.1 Å². The lowest BCUT2D eigenvalue weighted by Crippen LogP contribution is -2.48. The normalized spacial score (nSPS) is 22.0. The quantitative estimate of drug-likeness (QED) is 0.749. The average molecular weight is 429 g/mol. The van der Waals surface area contributed by atoms with Gasteiger partial charge in [-0.25, -0.2) is 8.42 Å². The summed E-state index contributed by atoms with van der Waals surface area (Å²) in [6.45, 7) is 4.51. The zero-order valence-electron chi connectivity index (χ0n) is 17.7. The van der Waals surface area contributed by atoms with Gasteiger partial charge in [-0.1, -0.05) is 24.3 Å². The van der Waals surface area contributed by atoms with Gasteiger partial charge >= 0.3 is 0 Å². The molecule has 0 unspecified atom stereocenters. The number of para-hydroxylation sites is 1. The molecule has 160 valence electrons. The van der Waals surface area contributed by atoms with Crippen LogP contribution in [0.5, 0.6) is 5.75 Å². The Morgan fingerprint density at radius 1 is 1.17 bits per heavy atom. The Labute approximate surface area is 178 Å². The van der Waals surface area contributed by atoms with Gasteiger partial charge in [0, 0.05) is 24.8 Å². The van der Waals surface area contributed by atoms with Crippen molar-refractivity contribution in [3.8, 4) is 5.75 Å². The van der Waals surface area contributed by atoms with Crippen LogP contribution in [-0.2, 0) is 21.2 Å². The van der Waals surface area contributed by atoms with Crippen LogP contribution in [0.25, 0.3) is 0 Å². The highest BCUT2D eigenvalue weighted by Crippen LogP contribution is 2.36. The Morgan fingerprint density at radius 2 is 1.93 bits per heavy atom. The van der Waals surface area contributed by atoms with Gasteiger partial charge in [-0.3, -0.25) is 4.79 Å². The van der Waals surface area contributed by atoms with E-state index in [9.17, 15) is 13.2 Å². The number of ether oxygens (including phenoxy) is 1. The summed E-state index contributed by atoms with van der Waals surface area (Å²) >= 11 is 0. The molecule has 0 spiro atoms. The van der Waals surface area contributed by atoms with Gasteiger partial charge in [0.2, 0.25) is 15.9 Å². The van der Waals surface area contributed by atoms with Gasteiger partial charge in [0.1, 0.15) is 10.6 Å². The standard InChI is InChI=1S/C23H28N2O4S/c1-16-10-11-21(29-3)22(13-16)30(27,28)24-12-6-8-19(15-24)23(26)25-17(2)14-18-7-4-5-9-20(18)25/h4-5,7,9-11,13,17,19H,6,8,12,14-15H2,1-3H3/t17-,19+/m1/s1. The summed E-state index contributed by atoms with van der Waals surface area (Å²) in [7, 11) is -2.28. The summed E-state index contributed by atoms with van der Waals surface area (Å²) in [4.78, 5) is 15.5. The number of nitrogens with zero attached hydrogens (tertiary/aromatic N) is 2. The molecule has 2 aromatic carbocycles. The fourth-order valence-electron chi connectivity index (χ4n) is 4.58. The lowest BCUT2D eigenvalue weighted by Gasteiger charge is -2.34. The molecular formula is C23H28N2O4S. The van der Waals surface area contributed by atoms with Crippen molar-refractivity contribution in [2.75, 3.05) is 25.1 Å². The molecule has 1 amide bonds. The van der Waals surface area contributed by atoms with E-state index in [0.717, 1.165) is 17.7 Å². The number of carbonyl (C=O) groups excluding carboxylic acids is 1. The maximum atomic E-state index is 13.4. The van der Waals surface area contributed by atoms with Crippen molar-refractivity contribution in [2.24, 2.45) is 5.92 Å². The van der Waals surface area contributed by atoms with E-state index in [0.29, 0.717) is 25.1 Å². The van der Waals surface area contributed by atoms with Gasteiger partial charge in [-0.05, 0) is 62.4 Å². The SMILES string of the molecule is COc1ccc(C)cc1S(=O)(=O)N1CCC[C@H](C(=O)N2c3ccccc3C[C@H]2C)C1. The minimum atomic E-state index is -3.75. The highest BCUT2D eigenvalue weighted by Gasteiger charge is 2.39. The number of rotatable bonds is 4. The topological polar surface area (TPSA) is 66.9 Å². The summed E-state index contributed by atoms with van der Waals surface area (Å²) in [6.07, 6.45) is 2.19. The Bertz CT molecular complexity index is 1070. The number of sulfonamides is 1. The van der Waals surface area contributed by atoms with Crippen molar-refractivity contribution < 1.29 is 17.9 Å². The molecule has 2 heterocycles. The largest absolute Gasteiger partial charge is 0.495 e. The monoisotopic (exact) mass is 428 g/mol. The zero-order chi connectivity index (χ0) is 21.5. The van der Waals surface area contributed by atoms with Crippen molar-refractivity contribution >= 4 is 21.6 Å². The third-order valence-corrected chi connectivity index (χ3v) is 8.00. The Balaban J connectivity index is 1.60. The molecule has 30 heavy (non-hydrogen) atoms. The van der Waals surface area contributed by atoms with Crippen LogP contribution in [0.3, 0.4) is 0 Å². The Hall–Kier alpha value is -2.38. The molecule has 1 saturated heterocycles. The second kappa shape index (κ2) is 8.04. The van der Waals surface area contributed by atoms with Crippen LogP contribution in [0, 0.1) is 12.8 Å². The summed E-state index contributed by atoms with van der Waals surface area (Å²) in [5.74, 6) is -0.00219. The van der Waals surface area contributed by atoms with E-state index in [2.05, 4.69) is 6.07 Å². The average Bonchev–Trinajstić information content (AvgIpc) is 3.09. The van der Waals surface area contributed by atoms with Crippen LogP contribution in [0.1, 0.15) is 30.9 Å². The maximum absolute atomic E-state index is 13.4. The molecule has 0 aromatic heterocycles. The van der Waals surface area contributed by atoms with Crippen molar-refractivity contribution in [3.05, 3.63) is 53.6 Å². The van der Waals surface area contributed by atoms with Crippen LogP contribution < -0.4 is 9.64 Å². The van der Waals surface area contributed by atoms with Crippen molar-refractivity contribution in [1.29, 1.82) is 0 Å². The predicted octanol–water partition coefficient (Wildman–Crippen LogP) is 3.38. The molecule has 1 fully saturated rings. The summed E-state index contributed by atoms with van der Waals surface area (Å²) in [5, 5.41) is 0. The van der Waals surface area contributed by atoms with Crippen LogP contribution in [0.4, 0.5) is 5.69 Å². The molecule has 0 saturated carbocycles. The molecule has 6 nitrogen and oxygen atoms in total. The number of fused-ring (bicyclic) bond motifs is 1. The van der Waals surface area contributed by atoms with E-state index in [-0.39, 0.29) is 29.3 Å². The fraction of sp³-hybridized carbons (Fsp3) is 0.435. The molecule has 2 aromatic rings. The lowest BCUT2D eigenvalue weighted by atomic mass is 9.97. The van der Waals surface area contributed by atoms with Crippen LogP contribution in [0.2, 0.25) is 0 Å². The molecular weight excluding hydrogens is 400 g/mol. The third-order valence-electron chi connectivity index (χ3n) is 6.12. The molecule has 0 bridgehead atoms. The first-order valence-corrected chi connectivity index (χ1v) is 11.8. The first kappa shape index (κ1) is 20.9. The van der Waals surface area contributed by atoms with Crippen LogP contribution in [0.15, 0.2) is 47.4 Å². The Kier molecular flexibility index (Phi) is 5.59. The van der Waals surface area contributed by atoms with Crippen LogP contribution >= 0.6 is 0 Å². The van der Waals surface area contributed by atoms with Gasteiger partial charge < -0.3 is 9.64 Å². The number of piperidine rings is 1. The minimum absolute atomic E-state index is 0.0172. The number of methoxy groups -OCH3 is 1. The highest BCUT2D eigenvalue weighted by atomic mass is 32.2. The number of hydrogen-bond acceptors (Lipinski definition) is 4. The first-order valence-electron chi connectivity index (χ1n) is 10.4. The molecule has 4 rings (SSSR count). The second-order valence-electron chi connectivity index (χ2n) is 8.25. The van der Waals surface area contributed by atoms with Gasteiger partial charge in [-0.2, -0.15) is 4.31 Å². The minimum Gasteiger partial charge on any atom is -0.495 e. The van der Waals surface area contributed by atoms with Crippen molar-refractivity contribution in [2.45, 2.75) is 44.0 Å². The number of carbonyl (C=O) groups is 1. The second-order valence-corrected chi connectivity index (χ2v) is 10.2. The molecule has 7 heteroatoms. The van der Waals surface area contributed by atoms with Gasteiger partial charge in [0.15, 0.2) is 0 Å². The predicted molar refractivity (Wildman–Crippen MR) is 116 cm³/mol. The molecule has 0 N–H and O–H groups in total. The van der Waals surface area contributed by atoms with Gasteiger partial charge in [0.25, 0.3) is 0 Å². The number of hydrogen-bond donors (Lipinski definition) is 0. The summed E-state index contributed by atoms with van der Waals surface area (Å²) in [5.41, 5.74) is 2.97. The number of amides is 1. The number of benzene rings is 2. The molecule has 0 radical (unpaired) electrons. The third kappa shape index (κ3) is 3.61. The van der Waals surface area contributed by atoms with E-state index >= 15 is 0 Å². The molecule has 2 atom stereocenters. The zero-order valence-corrected chi connectivity index (χ0v) is 18.5. The van der Waals surface area contributed by atoms with E-state index in [4.69, 9.17) is 4.74 Å². The fourth-order valence-corrected chi connectivity index (χ4v) is 6.35. The van der Waals surface area contributed by atoms with Gasteiger partial charge in [0.05, 0.1) is 13.0 Å². The van der Waals surface area contributed by atoms with E-state index < -0.39 is 10.0 Å². The van der Waals surface area contributed by atoms with Gasteiger partial charge in [-0.15, -0.1) is 0 Å². The number of aryl methyl sites for hydroxylation is 1. The summed E-state index contributed by atoms with van der Waals surface area (Å²) in [6, 6.07) is 13.2. The molecule has 0 aliphatic carbocycles. The Morgan fingerprint density at radius 3 is 2.70 bits per heavy atom. The smallest absolute Gasteiger partial charge is 0.246 e. The first-order chi connectivity index (χ1) is 14.3. The van der Waals surface area contributed by atoms with Crippen molar-refractivity contribution in [1.82, 2.24) is 4.31 Å². The summed E-state index contributed by atoms with van der Waals surface area (Å²) < 4.78 is 33.5. The van der Waals surface area contributed by atoms with Crippen molar-refractivity contribution in [3.63, 3.8) is 0 Å². The molecule has 2 aliphatic rings. The van der Waals surface area contributed by atoms with E-state index in [1.807, 2.05) is 43.0 Å². The van der Waals surface area contributed by atoms with E-state index in [1.165, 1.54) is 17.0 Å². The van der Waals surface area contributed by atoms with Crippen LogP contribution in [-0.4, -0.2) is 44.9 Å². The highest BCUT2D eigenvalue weighted by molar-refractivity contribution is 7.89. The maximum Gasteiger partial charge on any atom is 0.246 e. The molecule has 2 aliphatic heterocycles. The lowest BCUT2D eigenvalue weighted by molar-refractivity contribution is -0.123. The number of anilines is 1.